The molecule has 0 heterocycles. The first-order valence-electron chi connectivity index (χ1n) is 6.39. The van der Waals surface area contributed by atoms with E-state index >= 15 is 0 Å². The Morgan fingerprint density at radius 2 is 1.64 bits per heavy atom. The summed E-state index contributed by atoms with van der Waals surface area (Å²) in [5.74, 6) is 1.84. The van der Waals surface area contributed by atoms with Crippen molar-refractivity contribution in [2.45, 2.75) is 67.2 Å². The van der Waals surface area contributed by atoms with Crippen LogP contribution in [-0.2, 0) is 0 Å². The summed E-state index contributed by atoms with van der Waals surface area (Å²) in [6.07, 6.45) is 5.33. The fraction of sp³-hybridized carbons (Fsp3) is 0.857. The van der Waals surface area contributed by atoms with Gasteiger partial charge in [0.2, 0.25) is 0 Å². The maximum atomic E-state index is 4.06. The largest absolute Gasteiger partial charge is 0.0998 e. The average Bonchev–Trinajstić information content (AvgIpc) is 2.22. The van der Waals surface area contributed by atoms with Crippen molar-refractivity contribution in [3.63, 3.8) is 0 Å². The lowest BCUT2D eigenvalue weighted by molar-refractivity contribution is 0.329. The van der Waals surface area contributed by atoms with Crippen molar-refractivity contribution >= 4 is 0 Å². The Kier molecular flexibility index (Phi) is 12.5. The second-order valence-electron chi connectivity index (χ2n) is 3.77. The van der Waals surface area contributed by atoms with E-state index in [1.807, 2.05) is 27.7 Å². The summed E-state index contributed by atoms with van der Waals surface area (Å²) in [4.78, 5) is 0. The Morgan fingerprint density at radius 3 is 2.00 bits per heavy atom. The molecule has 1 rings (SSSR count). The Morgan fingerprint density at radius 1 is 1.14 bits per heavy atom. The van der Waals surface area contributed by atoms with Crippen molar-refractivity contribution < 1.29 is 0 Å². The van der Waals surface area contributed by atoms with Crippen molar-refractivity contribution in [2.75, 3.05) is 0 Å². The zero-order valence-corrected chi connectivity index (χ0v) is 11.2. The predicted octanol–water partition coefficient (Wildman–Crippen LogP) is 5.44. The van der Waals surface area contributed by atoms with Crippen LogP contribution < -0.4 is 0 Å². The molecule has 14 heavy (non-hydrogen) atoms. The molecule has 0 aromatic heterocycles. The molecule has 0 saturated heterocycles. The zero-order chi connectivity index (χ0) is 11.6. The molecule has 1 fully saturated rings. The fourth-order valence-electron chi connectivity index (χ4n) is 2.03. The van der Waals surface area contributed by atoms with E-state index in [4.69, 9.17) is 0 Å². The van der Waals surface area contributed by atoms with E-state index in [0.717, 1.165) is 11.8 Å². The van der Waals surface area contributed by atoms with E-state index in [0.29, 0.717) is 0 Å². The van der Waals surface area contributed by atoms with Gasteiger partial charge in [-0.3, -0.25) is 0 Å². The molecular formula is C14H30. The van der Waals surface area contributed by atoms with Crippen LogP contribution in [0.15, 0.2) is 12.2 Å². The fourth-order valence-corrected chi connectivity index (χ4v) is 2.03. The molecule has 1 saturated carbocycles. The van der Waals surface area contributed by atoms with Crippen molar-refractivity contribution in [1.82, 2.24) is 0 Å². The zero-order valence-electron chi connectivity index (χ0n) is 11.2. The highest BCUT2D eigenvalue weighted by Crippen LogP contribution is 2.33. The van der Waals surface area contributed by atoms with Gasteiger partial charge in [-0.1, -0.05) is 60.1 Å². The molecule has 0 bridgehead atoms. The minimum atomic E-state index is 0.895. The van der Waals surface area contributed by atoms with Crippen LogP contribution >= 0.6 is 0 Å². The molecule has 0 radical (unpaired) electrons. The molecule has 0 amide bonds. The Hall–Kier alpha value is -0.260. The van der Waals surface area contributed by atoms with E-state index in [1.165, 1.54) is 31.3 Å². The van der Waals surface area contributed by atoms with Gasteiger partial charge in [-0.2, -0.15) is 0 Å². The molecule has 0 nitrogen and oxygen atoms in total. The molecule has 86 valence electrons. The molecule has 0 aromatic carbocycles. The highest BCUT2D eigenvalue weighted by atomic mass is 14.2. The maximum absolute atomic E-state index is 4.06. The van der Waals surface area contributed by atoms with Crippen molar-refractivity contribution in [3.05, 3.63) is 12.2 Å². The Bertz CT molecular complexity index is 124. The lowest BCUT2D eigenvalue weighted by Gasteiger charge is -2.27. The van der Waals surface area contributed by atoms with Gasteiger partial charge in [0, 0.05) is 0 Å². The second-order valence-corrected chi connectivity index (χ2v) is 3.77. The van der Waals surface area contributed by atoms with E-state index in [-0.39, 0.29) is 0 Å². The van der Waals surface area contributed by atoms with Crippen LogP contribution in [0.2, 0.25) is 0 Å². The SMILES string of the molecule is C=C1CC(C)CC(CC)C1.CC.CC. The van der Waals surface area contributed by atoms with Crippen LogP contribution in [0.5, 0.6) is 0 Å². The maximum Gasteiger partial charge on any atom is -0.0294 e. The minimum Gasteiger partial charge on any atom is -0.0998 e. The third kappa shape index (κ3) is 7.17. The van der Waals surface area contributed by atoms with E-state index in [1.54, 1.807) is 0 Å². The van der Waals surface area contributed by atoms with E-state index < -0.39 is 0 Å². The van der Waals surface area contributed by atoms with Crippen molar-refractivity contribution in [1.29, 1.82) is 0 Å². The highest BCUT2D eigenvalue weighted by Gasteiger charge is 2.18. The molecule has 0 N–H and O–H groups in total. The van der Waals surface area contributed by atoms with Gasteiger partial charge < -0.3 is 0 Å². The van der Waals surface area contributed by atoms with Gasteiger partial charge in [-0.05, 0) is 31.1 Å². The van der Waals surface area contributed by atoms with Gasteiger partial charge in [0.05, 0.1) is 0 Å². The summed E-state index contributed by atoms with van der Waals surface area (Å²) in [5, 5.41) is 0. The van der Waals surface area contributed by atoms with Gasteiger partial charge in [-0.15, -0.1) is 0 Å². The van der Waals surface area contributed by atoms with Gasteiger partial charge in [-0.25, -0.2) is 0 Å². The molecule has 1 aliphatic carbocycles. The molecule has 0 aliphatic heterocycles. The molecule has 0 heteroatoms. The third-order valence-corrected chi connectivity index (χ3v) is 2.53. The van der Waals surface area contributed by atoms with Gasteiger partial charge >= 0.3 is 0 Å². The number of hydrogen-bond acceptors (Lipinski definition) is 0. The summed E-state index contributed by atoms with van der Waals surface area (Å²) in [6, 6.07) is 0. The molecule has 2 atom stereocenters. The summed E-state index contributed by atoms with van der Waals surface area (Å²) < 4.78 is 0. The van der Waals surface area contributed by atoms with Crippen molar-refractivity contribution in [2.24, 2.45) is 11.8 Å². The summed E-state index contributed by atoms with van der Waals surface area (Å²) in [5.41, 5.74) is 1.48. The Balaban J connectivity index is 0. The normalized spacial score (nSPS) is 25.4. The van der Waals surface area contributed by atoms with Gasteiger partial charge in [0.1, 0.15) is 0 Å². The standard InChI is InChI=1S/C10H18.2C2H6/c1-4-10-6-8(2)5-9(3)7-10;2*1-2/h9-10H,2,4-7H2,1,3H3;2*1-2H3. The van der Waals surface area contributed by atoms with Crippen LogP contribution in [0.3, 0.4) is 0 Å². The first kappa shape index (κ1) is 16.2. The summed E-state index contributed by atoms with van der Waals surface area (Å²) in [6.45, 7) is 16.7. The van der Waals surface area contributed by atoms with Crippen LogP contribution in [0.25, 0.3) is 0 Å². The van der Waals surface area contributed by atoms with Crippen LogP contribution in [0, 0.1) is 11.8 Å². The Labute approximate surface area is 91.8 Å². The van der Waals surface area contributed by atoms with Crippen LogP contribution in [-0.4, -0.2) is 0 Å². The van der Waals surface area contributed by atoms with E-state index in [2.05, 4.69) is 20.4 Å². The number of allylic oxidation sites excluding steroid dienone is 1. The van der Waals surface area contributed by atoms with Crippen LogP contribution in [0.1, 0.15) is 67.2 Å². The molecule has 1 aliphatic rings. The van der Waals surface area contributed by atoms with Gasteiger partial charge in [0.25, 0.3) is 0 Å². The second kappa shape index (κ2) is 10.8. The van der Waals surface area contributed by atoms with E-state index in [9.17, 15) is 0 Å². The third-order valence-electron chi connectivity index (χ3n) is 2.53. The van der Waals surface area contributed by atoms with Crippen molar-refractivity contribution in [3.8, 4) is 0 Å². The lowest BCUT2D eigenvalue weighted by Crippen LogP contribution is -2.13. The lowest BCUT2D eigenvalue weighted by atomic mass is 9.79. The molecule has 2 unspecified atom stereocenters. The minimum absolute atomic E-state index is 0.895. The van der Waals surface area contributed by atoms with Crippen LogP contribution in [0.4, 0.5) is 0 Å². The summed E-state index contributed by atoms with van der Waals surface area (Å²) in [7, 11) is 0. The summed E-state index contributed by atoms with van der Waals surface area (Å²) >= 11 is 0. The number of rotatable bonds is 1. The molecular weight excluding hydrogens is 168 g/mol. The molecule has 0 aromatic rings. The van der Waals surface area contributed by atoms with Gasteiger partial charge in [0.15, 0.2) is 0 Å². The highest BCUT2D eigenvalue weighted by molar-refractivity contribution is 5.00. The monoisotopic (exact) mass is 198 g/mol. The predicted molar refractivity (Wildman–Crippen MR) is 68.6 cm³/mol. The quantitative estimate of drug-likeness (QED) is 0.492. The topological polar surface area (TPSA) is 0 Å². The first-order chi connectivity index (χ1) is 6.72. The smallest absolute Gasteiger partial charge is 0.0294 e. The average molecular weight is 198 g/mol. The first-order valence-corrected chi connectivity index (χ1v) is 6.39. The number of hydrogen-bond donors (Lipinski definition) is 0. The molecule has 0 spiro atoms.